The van der Waals surface area contributed by atoms with Gasteiger partial charge in [0, 0.05) is 11.8 Å². The summed E-state index contributed by atoms with van der Waals surface area (Å²) in [6.07, 6.45) is 3.59. The van der Waals surface area contributed by atoms with Crippen molar-refractivity contribution in [3.8, 4) is 11.4 Å². The number of H-pyrrole nitrogens is 1. The summed E-state index contributed by atoms with van der Waals surface area (Å²) in [5.41, 5.74) is 2.07. The van der Waals surface area contributed by atoms with E-state index in [2.05, 4.69) is 27.4 Å². The summed E-state index contributed by atoms with van der Waals surface area (Å²) < 4.78 is 2.04. The maximum Gasteiger partial charge on any atom is 0.216 e. The van der Waals surface area contributed by atoms with Crippen LogP contribution in [0.1, 0.15) is 12.0 Å². The van der Waals surface area contributed by atoms with Crippen molar-refractivity contribution >= 4 is 30.0 Å². The van der Waals surface area contributed by atoms with E-state index in [4.69, 9.17) is 23.8 Å². The number of nitrogens with one attached hydrogen (secondary N) is 1. The van der Waals surface area contributed by atoms with Crippen molar-refractivity contribution in [3.05, 3.63) is 70.0 Å². The van der Waals surface area contributed by atoms with E-state index in [0.29, 0.717) is 15.6 Å². The van der Waals surface area contributed by atoms with Crippen LogP contribution in [0.15, 0.2) is 59.7 Å². The molecule has 0 unspecified atom stereocenters. The zero-order valence-electron chi connectivity index (χ0n) is 12.3. The van der Waals surface area contributed by atoms with Crippen LogP contribution in [0.4, 0.5) is 0 Å². The molecule has 0 fully saturated rings. The summed E-state index contributed by atoms with van der Waals surface area (Å²) in [6.45, 7) is 0. The summed E-state index contributed by atoms with van der Waals surface area (Å²) in [4.78, 5) is 0. The molecule has 2 aromatic carbocycles. The predicted octanol–water partition coefficient (Wildman–Crippen LogP) is 4.73. The third kappa shape index (κ3) is 3.75. The number of nitrogens with zero attached hydrogens (tertiary/aromatic N) is 3. The Morgan fingerprint density at radius 3 is 2.65 bits per heavy atom. The van der Waals surface area contributed by atoms with Crippen molar-refractivity contribution in [2.45, 2.75) is 12.8 Å². The first kappa shape index (κ1) is 15.6. The minimum absolute atomic E-state index is 0.441. The van der Waals surface area contributed by atoms with Crippen LogP contribution >= 0.6 is 23.8 Å². The second kappa shape index (κ2) is 7.35. The highest BCUT2D eigenvalue weighted by Gasteiger charge is 2.10. The van der Waals surface area contributed by atoms with Crippen molar-refractivity contribution in [2.24, 2.45) is 5.10 Å². The zero-order valence-corrected chi connectivity index (χ0v) is 13.9. The molecule has 1 aromatic heterocycles. The Hall–Kier alpha value is -2.24. The number of aromatic nitrogens is 3. The lowest BCUT2D eigenvalue weighted by molar-refractivity contribution is 0.861. The van der Waals surface area contributed by atoms with Gasteiger partial charge in [-0.15, -0.1) is 0 Å². The largest absolute Gasteiger partial charge is 0.250 e. The Morgan fingerprint density at radius 1 is 1.13 bits per heavy atom. The van der Waals surface area contributed by atoms with E-state index < -0.39 is 0 Å². The van der Waals surface area contributed by atoms with E-state index >= 15 is 0 Å². The molecule has 0 amide bonds. The van der Waals surface area contributed by atoms with Gasteiger partial charge in [0.1, 0.15) is 0 Å². The van der Waals surface area contributed by atoms with Gasteiger partial charge < -0.3 is 0 Å². The molecule has 0 saturated carbocycles. The molecule has 0 bridgehead atoms. The van der Waals surface area contributed by atoms with E-state index in [1.54, 1.807) is 4.68 Å². The van der Waals surface area contributed by atoms with Gasteiger partial charge in [0.05, 0.1) is 5.02 Å². The van der Waals surface area contributed by atoms with Gasteiger partial charge in [-0.05, 0) is 42.8 Å². The van der Waals surface area contributed by atoms with Gasteiger partial charge in [0.15, 0.2) is 5.82 Å². The Labute approximate surface area is 144 Å². The monoisotopic (exact) mass is 342 g/mol. The molecule has 0 radical (unpaired) electrons. The summed E-state index contributed by atoms with van der Waals surface area (Å²) >= 11 is 11.5. The van der Waals surface area contributed by atoms with Crippen LogP contribution < -0.4 is 0 Å². The lowest BCUT2D eigenvalue weighted by Gasteiger charge is -2.03. The zero-order chi connectivity index (χ0) is 16.1. The van der Waals surface area contributed by atoms with Crippen molar-refractivity contribution in [1.29, 1.82) is 0 Å². The Kier molecular flexibility index (Phi) is 5.00. The summed E-state index contributed by atoms with van der Waals surface area (Å²) in [7, 11) is 0. The maximum atomic E-state index is 6.23. The van der Waals surface area contributed by atoms with Crippen molar-refractivity contribution in [2.75, 3.05) is 0 Å². The molecule has 23 heavy (non-hydrogen) atoms. The summed E-state index contributed by atoms with van der Waals surface area (Å²) in [5, 5.41) is 12.0. The fourth-order valence-corrected chi connectivity index (χ4v) is 2.63. The molecule has 1 heterocycles. The van der Waals surface area contributed by atoms with Gasteiger partial charge in [-0.25, -0.2) is 5.10 Å². The average Bonchev–Trinajstić information content (AvgIpc) is 2.94. The van der Waals surface area contributed by atoms with Crippen molar-refractivity contribution in [3.63, 3.8) is 0 Å². The van der Waals surface area contributed by atoms with Crippen LogP contribution in [0.25, 0.3) is 11.4 Å². The molecule has 6 heteroatoms. The normalized spacial score (nSPS) is 11.2. The summed E-state index contributed by atoms with van der Waals surface area (Å²) in [5.74, 6) is 0.608. The lowest BCUT2D eigenvalue weighted by Crippen LogP contribution is -1.95. The third-order valence-electron chi connectivity index (χ3n) is 3.37. The molecule has 0 aliphatic carbocycles. The van der Waals surface area contributed by atoms with Gasteiger partial charge >= 0.3 is 0 Å². The molecule has 116 valence electrons. The van der Waals surface area contributed by atoms with Crippen molar-refractivity contribution < 1.29 is 0 Å². The number of rotatable bonds is 5. The first-order valence-corrected chi connectivity index (χ1v) is 8.03. The third-order valence-corrected chi connectivity index (χ3v) is 3.96. The second-order valence-electron chi connectivity index (χ2n) is 4.97. The van der Waals surface area contributed by atoms with Gasteiger partial charge in [0.25, 0.3) is 0 Å². The smallest absolute Gasteiger partial charge is 0.216 e. The number of hydrogen-bond donors (Lipinski definition) is 1. The number of aryl methyl sites for hydroxylation is 1. The van der Waals surface area contributed by atoms with Gasteiger partial charge in [0.2, 0.25) is 4.77 Å². The molecule has 0 saturated heterocycles. The maximum absolute atomic E-state index is 6.23. The molecular formula is C17H15ClN4S. The molecule has 0 aliphatic rings. The lowest BCUT2D eigenvalue weighted by atomic mass is 10.1. The van der Waals surface area contributed by atoms with Crippen LogP contribution in [0.3, 0.4) is 0 Å². The van der Waals surface area contributed by atoms with Crippen LogP contribution in [-0.2, 0) is 6.42 Å². The highest BCUT2D eigenvalue weighted by atomic mass is 35.5. The quantitative estimate of drug-likeness (QED) is 0.538. The molecule has 1 N–H and O–H groups in total. The van der Waals surface area contributed by atoms with Gasteiger partial charge in [-0.1, -0.05) is 54.1 Å². The topological polar surface area (TPSA) is 46.0 Å². The van der Waals surface area contributed by atoms with Gasteiger partial charge in [-0.2, -0.15) is 14.9 Å². The van der Waals surface area contributed by atoms with E-state index in [0.717, 1.165) is 18.4 Å². The Balaban J connectivity index is 1.78. The fourth-order valence-electron chi connectivity index (χ4n) is 2.23. The average molecular weight is 343 g/mol. The molecule has 0 aliphatic heterocycles. The van der Waals surface area contributed by atoms with E-state index in [1.165, 1.54) is 5.56 Å². The number of aromatic amines is 1. The van der Waals surface area contributed by atoms with Gasteiger partial charge in [-0.3, -0.25) is 0 Å². The predicted molar refractivity (Wildman–Crippen MR) is 96.5 cm³/mol. The molecule has 4 nitrogen and oxygen atoms in total. The standard InChI is InChI=1S/C17H15ClN4S/c18-15-11-5-4-10-14(15)16-20-21-17(23)22(16)19-12-6-9-13-7-2-1-3-8-13/h1-5,7-8,10-12H,6,9H2,(H,21,23)/b19-12-. The Morgan fingerprint density at radius 2 is 1.87 bits per heavy atom. The minimum atomic E-state index is 0.441. The molecule has 0 atom stereocenters. The highest BCUT2D eigenvalue weighted by Crippen LogP contribution is 2.25. The van der Waals surface area contributed by atoms with E-state index in [-0.39, 0.29) is 0 Å². The molecule has 3 aromatic rings. The molecule has 0 spiro atoms. The SMILES string of the molecule is S=c1[nH]nc(-c2ccccc2Cl)n1/N=C\CCc1ccccc1. The van der Waals surface area contributed by atoms with Crippen LogP contribution in [0.5, 0.6) is 0 Å². The number of benzene rings is 2. The second-order valence-corrected chi connectivity index (χ2v) is 5.76. The first-order valence-electron chi connectivity index (χ1n) is 7.25. The Bertz CT molecular complexity index is 868. The first-order chi connectivity index (χ1) is 11.3. The molecular weight excluding hydrogens is 328 g/mol. The minimum Gasteiger partial charge on any atom is -0.250 e. The van der Waals surface area contributed by atoms with Crippen LogP contribution in [0.2, 0.25) is 5.02 Å². The molecule has 3 rings (SSSR count). The van der Waals surface area contributed by atoms with Crippen LogP contribution in [-0.4, -0.2) is 21.1 Å². The highest BCUT2D eigenvalue weighted by molar-refractivity contribution is 7.71. The van der Waals surface area contributed by atoms with Crippen LogP contribution in [0, 0.1) is 4.77 Å². The van der Waals surface area contributed by atoms with E-state index in [9.17, 15) is 0 Å². The van der Waals surface area contributed by atoms with Crippen molar-refractivity contribution in [1.82, 2.24) is 14.9 Å². The van der Waals surface area contributed by atoms with E-state index in [1.807, 2.05) is 48.7 Å². The number of hydrogen-bond acceptors (Lipinski definition) is 3. The summed E-state index contributed by atoms with van der Waals surface area (Å²) in [6, 6.07) is 17.8. The number of halogens is 1. The fraction of sp³-hybridized carbons (Fsp3) is 0.118.